The van der Waals surface area contributed by atoms with Gasteiger partial charge in [-0.2, -0.15) is 11.8 Å². The first-order valence-electron chi connectivity index (χ1n) is 9.68. The summed E-state index contributed by atoms with van der Waals surface area (Å²) >= 11 is 1.61. The Labute approximate surface area is 178 Å². The molecule has 0 aliphatic carbocycles. The molecule has 1 aromatic heterocycles. The van der Waals surface area contributed by atoms with Gasteiger partial charge in [-0.05, 0) is 36.1 Å². The third-order valence-electron chi connectivity index (χ3n) is 5.29. The number of carbonyl (C=O) groups excluding carboxylic acids is 2. The molecule has 0 saturated carbocycles. The molecule has 3 heterocycles. The first-order valence-corrected chi connectivity index (χ1v) is 11.1. The minimum atomic E-state index is -0.701. The van der Waals surface area contributed by atoms with Crippen molar-refractivity contribution >= 4 is 23.8 Å². The summed E-state index contributed by atoms with van der Waals surface area (Å²) in [5.41, 5.74) is 2.64. The Morgan fingerprint density at radius 2 is 2.23 bits per heavy atom. The molecule has 30 heavy (non-hydrogen) atoms. The van der Waals surface area contributed by atoms with Crippen molar-refractivity contribution in [3.8, 4) is 11.5 Å². The smallest absolute Gasteiger partial charge is 0.328 e. The van der Waals surface area contributed by atoms with Crippen LogP contribution < -0.4 is 14.8 Å². The Balaban J connectivity index is 1.62. The van der Waals surface area contributed by atoms with Gasteiger partial charge in [0.1, 0.15) is 12.1 Å². The van der Waals surface area contributed by atoms with Crippen LogP contribution in [-0.2, 0) is 16.0 Å². The van der Waals surface area contributed by atoms with E-state index in [0.717, 1.165) is 22.7 Å². The Morgan fingerprint density at radius 3 is 3.03 bits per heavy atom. The molecule has 0 spiro atoms. The molecule has 0 unspecified atom stereocenters. The van der Waals surface area contributed by atoms with Crippen molar-refractivity contribution in [1.82, 2.24) is 20.2 Å². The molecule has 0 saturated heterocycles. The molecule has 2 atom stereocenters. The van der Waals surface area contributed by atoms with Crippen LogP contribution in [0.5, 0.6) is 11.5 Å². The van der Waals surface area contributed by atoms with Gasteiger partial charge in [0.2, 0.25) is 6.79 Å². The van der Waals surface area contributed by atoms with Crippen molar-refractivity contribution < 1.29 is 23.8 Å². The first-order chi connectivity index (χ1) is 14.6. The second kappa shape index (κ2) is 8.86. The van der Waals surface area contributed by atoms with E-state index in [2.05, 4.69) is 15.3 Å². The molecule has 0 fully saturated rings. The van der Waals surface area contributed by atoms with Gasteiger partial charge in [-0.15, -0.1) is 0 Å². The van der Waals surface area contributed by atoms with Crippen LogP contribution in [0.4, 0.5) is 4.79 Å². The minimum absolute atomic E-state index is 0.178. The van der Waals surface area contributed by atoms with Crippen LogP contribution >= 0.6 is 11.8 Å². The SMILES string of the molecule is COC(=O)[C@@H](CCSC)NC(=O)N1CCc2[nH]cnc2[C@H]1c1ccc2c(c1)OCO2. The van der Waals surface area contributed by atoms with Gasteiger partial charge >= 0.3 is 12.0 Å². The van der Waals surface area contributed by atoms with E-state index >= 15 is 0 Å². The molecule has 2 aromatic rings. The topological polar surface area (TPSA) is 106 Å². The number of nitrogens with one attached hydrogen (secondary N) is 2. The number of aromatic amines is 1. The number of methoxy groups -OCH3 is 1. The number of esters is 1. The second-order valence-corrected chi connectivity index (χ2v) is 8.02. The van der Waals surface area contributed by atoms with Crippen LogP contribution in [0.1, 0.15) is 29.4 Å². The summed E-state index contributed by atoms with van der Waals surface area (Å²) in [5.74, 6) is 1.60. The van der Waals surface area contributed by atoms with Crippen LogP contribution in [-0.4, -0.2) is 65.4 Å². The zero-order chi connectivity index (χ0) is 21.1. The van der Waals surface area contributed by atoms with E-state index in [-0.39, 0.29) is 12.8 Å². The molecule has 0 radical (unpaired) electrons. The molecule has 10 heteroatoms. The number of urea groups is 1. The van der Waals surface area contributed by atoms with E-state index in [9.17, 15) is 9.59 Å². The number of H-pyrrole nitrogens is 1. The summed E-state index contributed by atoms with van der Waals surface area (Å²) in [7, 11) is 1.33. The Morgan fingerprint density at radius 1 is 1.40 bits per heavy atom. The van der Waals surface area contributed by atoms with Gasteiger partial charge in [0.15, 0.2) is 11.5 Å². The molecule has 2 aliphatic rings. The van der Waals surface area contributed by atoms with E-state index in [0.29, 0.717) is 30.9 Å². The Hall–Kier alpha value is -2.88. The standard InChI is InChI=1S/C20H24N4O5S/c1-27-19(25)14(6-8-30-2)23-20(26)24-7-5-13-17(22-10-21-13)18(24)12-3-4-15-16(9-12)29-11-28-15/h3-4,9-10,14,18H,5-8,11H2,1-2H3,(H,21,22)(H,23,26)/t14-,18-/m1/s1. The van der Waals surface area contributed by atoms with Crippen molar-refractivity contribution in [3.05, 3.63) is 41.5 Å². The number of aromatic nitrogens is 2. The second-order valence-electron chi connectivity index (χ2n) is 7.03. The average Bonchev–Trinajstić information content (AvgIpc) is 3.43. The van der Waals surface area contributed by atoms with Crippen molar-refractivity contribution in [2.75, 3.05) is 32.5 Å². The number of imidazole rings is 1. The lowest BCUT2D eigenvalue weighted by Crippen LogP contribution is -2.51. The molecule has 2 aliphatic heterocycles. The highest BCUT2D eigenvalue weighted by Gasteiger charge is 2.36. The van der Waals surface area contributed by atoms with Crippen molar-refractivity contribution in [2.24, 2.45) is 0 Å². The maximum Gasteiger partial charge on any atom is 0.328 e. The van der Waals surface area contributed by atoms with Gasteiger partial charge in [0.05, 0.1) is 19.1 Å². The summed E-state index contributed by atoms with van der Waals surface area (Å²) in [6, 6.07) is 4.19. The van der Waals surface area contributed by atoms with Gasteiger partial charge in [-0.25, -0.2) is 14.6 Å². The molecule has 1 aromatic carbocycles. The monoisotopic (exact) mass is 432 g/mol. The predicted molar refractivity (Wildman–Crippen MR) is 111 cm³/mol. The van der Waals surface area contributed by atoms with Crippen LogP contribution in [0.15, 0.2) is 24.5 Å². The van der Waals surface area contributed by atoms with Gasteiger partial charge in [0.25, 0.3) is 0 Å². The maximum atomic E-state index is 13.2. The Bertz CT molecular complexity index is 934. The summed E-state index contributed by atoms with van der Waals surface area (Å²) in [5, 5.41) is 2.85. The van der Waals surface area contributed by atoms with Crippen LogP contribution in [0.3, 0.4) is 0 Å². The lowest BCUT2D eigenvalue weighted by Gasteiger charge is -2.36. The molecular weight excluding hydrogens is 408 g/mol. The quantitative estimate of drug-likeness (QED) is 0.673. The Kier molecular flexibility index (Phi) is 6.03. The molecule has 4 rings (SSSR count). The summed E-state index contributed by atoms with van der Waals surface area (Å²) in [6.45, 7) is 0.661. The van der Waals surface area contributed by atoms with E-state index in [1.54, 1.807) is 23.0 Å². The first kappa shape index (κ1) is 20.4. The molecule has 2 N–H and O–H groups in total. The number of fused-ring (bicyclic) bond motifs is 2. The van der Waals surface area contributed by atoms with Crippen molar-refractivity contribution in [3.63, 3.8) is 0 Å². The van der Waals surface area contributed by atoms with Crippen molar-refractivity contribution in [2.45, 2.75) is 24.9 Å². The number of rotatable bonds is 6. The summed E-state index contributed by atoms with van der Waals surface area (Å²) < 4.78 is 15.8. The fourth-order valence-corrected chi connectivity index (χ4v) is 4.25. The highest BCUT2D eigenvalue weighted by Crippen LogP contribution is 2.39. The zero-order valence-corrected chi connectivity index (χ0v) is 17.7. The minimum Gasteiger partial charge on any atom is -0.467 e. The highest BCUT2D eigenvalue weighted by atomic mass is 32.2. The lowest BCUT2D eigenvalue weighted by molar-refractivity contribution is -0.142. The number of benzene rings is 1. The lowest BCUT2D eigenvalue weighted by atomic mass is 9.95. The highest BCUT2D eigenvalue weighted by molar-refractivity contribution is 7.98. The number of ether oxygens (including phenoxy) is 3. The van der Waals surface area contributed by atoms with Gasteiger partial charge in [-0.1, -0.05) is 6.07 Å². The van der Waals surface area contributed by atoms with E-state index in [1.807, 2.05) is 24.5 Å². The summed E-state index contributed by atoms with van der Waals surface area (Å²) in [4.78, 5) is 34.8. The maximum absolute atomic E-state index is 13.2. The van der Waals surface area contributed by atoms with Crippen molar-refractivity contribution in [1.29, 1.82) is 0 Å². The largest absolute Gasteiger partial charge is 0.467 e. The molecule has 160 valence electrons. The van der Waals surface area contributed by atoms with E-state index < -0.39 is 18.1 Å². The van der Waals surface area contributed by atoms with Gasteiger partial charge in [0, 0.05) is 18.7 Å². The number of hydrogen-bond acceptors (Lipinski definition) is 7. The predicted octanol–water partition coefficient (Wildman–Crippen LogP) is 2.09. The number of nitrogens with zero attached hydrogens (tertiary/aromatic N) is 2. The number of carbonyl (C=O) groups is 2. The van der Waals surface area contributed by atoms with E-state index in [4.69, 9.17) is 14.2 Å². The third-order valence-corrected chi connectivity index (χ3v) is 5.94. The van der Waals surface area contributed by atoms with Gasteiger partial charge < -0.3 is 29.4 Å². The molecule has 2 amide bonds. The third kappa shape index (κ3) is 3.91. The van der Waals surface area contributed by atoms with Crippen LogP contribution in [0.25, 0.3) is 0 Å². The number of thioether (sulfide) groups is 1. The van der Waals surface area contributed by atoms with Crippen LogP contribution in [0.2, 0.25) is 0 Å². The van der Waals surface area contributed by atoms with Gasteiger partial charge in [-0.3, -0.25) is 0 Å². The normalized spacial score (nSPS) is 17.9. The number of hydrogen-bond donors (Lipinski definition) is 2. The molecule has 9 nitrogen and oxygen atoms in total. The van der Waals surface area contributed by atoms with E-state index in [1.165, 1.54) is 7.11 Å². The summed E-state index contributed by atoms with van der Waals surface area (Å²) in [6.07, 6.45) is 4.74. The fraction of sp³-hybridized carbons (Fsp3) is 0.450. The molecular formula is C20H24N4O5S. The fourth-order valence-electron chi connectivity index (χ4n) is 3.78. The molecule has 0 bridgehead atoms. The van der Waals surface area contributed by atoms with Crippen LogP contribution in [0, 0.1) is 0 Å². The zero-order valence-electron chi connectivity index (χ0n) is 16.8. The average molecular weight is 433 g/mol. The number of amides is 2.